The Kier molecular flexibility index (Phi) is 5.11. The van der Waals surface area contributed by atoms with Crippen LogP contribution < -0.4 is 10.0 Å². The average Bonchev–Trinajstić information content (AvgIpc) is 3.08. The van der Waals surface area contributed by atoms with E-state index in [9.17, 15) is 8.42 Å². The lowest BCUT2D eigenvalue weighted by molar-refractivity contribution is 0.353. The Morgan fingerprint density at radius 2 is 2.05 bits per heavy atom. The minimum Gasteiger partial charge on any atom is -0.447 e. The zero-order valence-corrected chi connectivity index (χ0v) is 13.9. The Balaban J connectivity index is 1.93. The summed E-state index contributed by atoms with van der Waals surface area (Å²) in [6.45, 7) is 8.31. The molecular formula is C15H26N2O3S. The summed E-state index contributed by atoms with van der Waals surface area (Å²) in [6.07, 6.45) is 3.22. The minimum atomic E-state index is -3.54. The van der Waals surface area contributed by atoms with Crippen LogP contribution in [0.25, 0.3) is 0 Å². The second-order valence-corrected chi connectivity index (χ2v) is 7.94. The van der Waals surface area contributed by atoms with Crippen LogP contribution in [0.5, 0.6) is 0 Å². The van der Waals surface area contributed by atoms with Crippen molar-refractivity contribution in [1.29, 1.82) is 0 Å². The van der Waals surface area contributed by atoms with Crippen LogP contribution >= 0.6 is 0 Å². The van der Waals surface area contributed by atoms with E-state index in [-0.39, 0.29) is 10.5 Å². The molecule has 21 heavy (non-hydrogen) atoms. The van der Waals surface area contributed by atoms with Gasteiger partial charge in [-0.25, -0.2) is 13.1 Å². The van der Waals surface area contributed by atoms with Gasteiger partial charge in [0.2, 0.25) is 5.09 Å². The lowest BCUT2D eigenvalue weighted by Crippen LogP contribution is -2.32. The first-order valence-corrected chi connectivity index (χ1v) is 9.17. The fraction of sp³-hybridized carbons (Fsp3) is 0.733. The maximum absolute atomic E-state index is 12.2. The van der Waals surface area contributed by atoms with Gasteiger partial charge >= 0.3 is 0 Å². The summed E-state index contributed by atoms with van der Waals surface area (Å²) in [5, 5.41) is 3.20. The van der Waals surface area contributed by atoms with Crippen molar-refractivity contribution in [3.63, 3.8) is 0 Å². The summed E-state index contributed by atoms with van der Waals surface area (Å²) in [5.74, 6) is 1.14. The molecule has 1 aliphatic rings. The van der Waals surface area contributed by atoms with Gasteiger partial charge < -0.3 is 9.73 Å². The maximum atomic E-state index is 12.2. The van der Waals surface area contributed by atoms with Gasteiger partial charge in [0.1, 0.15) is 5.76 Å². The van der Waals surface area contributed by atoms with Crippen LogP contribution in [0.3, 0.4) is 0 Å². The lowest BCUT2D eigenvalue weighted by Gasteiger charge is -2.19. The molecule has 1 aliphatic carbocycles. The van der Waals surface area contributed by atoms with Crippen LogP contribution in [-0.4, -0.2) is 21.5 Å². The number of rotatable bonds is 9. The van der Waals surface area contributed by atoms with Crippen LogP contribution in [0.15, 0.2) is 21.6 Å². The molecule has 0 aliphatic heterocycles. The van der Waals surface area contributed by atoms with E-state index < -0.39 is 10.0 Å². The van der Waals surface area contributed by atoms with Gasteiger partial charge in [-0.15, -0.1) is 0 Å². The minimum absolute atomic E-state index is 0.00959. The molecule has 0 saturated heterocycles. The molecule has 0 amide bonds. The van der Waals surface area contributed by atoms with Crippen molar-refractivity contribution >= 4 is 10.0 Å². The second-order valence-electron chi connectivity index (χ2n) is 6.24. The molecule has 120 valence electrons. The van der Waals surface area contributed by atoms with Crippen LogP contribution in [0.2, 0.25) is 0 Å². The van der Waals surface area contributed by atoms with E-state index in [1.807, 2.05) is 0 Å². The van der Waals surface area contributed by atoms with Gasteiger partial charge in [0, 0.05) is 6.54 Å². The quantitative estimate of drug-likeness (QED) is 0.687. The molecule has 0 spiro atoms. The highest BCUT2D eigenvalue weighted by Gasteiger charge is 2.45. The molecule has 1 aromatic rings. The van der Waals surface area contributed by atoms with Crippen molar-refractivity contribution in [2.24, 2.45) is 11.3 Å². The summed E-state index contributed by atoms with van der Waals surface area (Å²) in [7, 11) is -3.54. The Labute approximate surface area is 127 Å². The molecule has 0 radical (unpaired) electrons. The number of nitrogens with one attached hydrogen (secondary N) is 2. The molecule has 1 fully saturated rings. The lowest BCUT2D eigenvalue weighted by atomic mass is 9.93. The van der Waals surface area contributed by atoms with Crippen LogP contribution in [0.4, 0.5) is 0 Å². The Morgan fingerprint density at radius 1 is 1.33 bits per heavy atom. The summed E-state index contributed by atoms with van der Waals surface area (Å²) in [4.78, 5) is 0. The zero-order chi connectivity index (χ0) is 15.5. The van der Waals surface area contributed by atoms with Crippen molar-refractivity contribution in [2.45, 2.75) is 51.7 Å². The summed E-state index contributed by atoms with van der Waals surface area (Å²) >= 11 is 0. The first-order chi connectivity index (χ1) is 9.89. The highest BCUT2D eigenvalue weighted by Crippen LogP contribution is 2.51. The molecule has 0 atom stereocenters. The topological polar surface area (TPSA) is 71.3 Å². The molecule has 0 unspecified atom stereocenters. The Bertz CT molecular complexity index is 559. The number of furan rings is 1. The SMILES string of the molecule is CCCNCc1ccc(S(=O)(=O)NCC2(C(C)C)CC2)o1. The van der Waals surface area contributed by atoms with Crippen molar-refractivity contribution in [1.82, 2.24) is 10.0 Å². The largest absolute Gasteiger partial charge is 0.447 e. The summed E-state index contributed by atoms with van der Waals surface area (Å²) in [5.41, 5.74) is 0.144. The fourth-order valence-electron chi connectivity index (χ4n) is 2.41. The molecule has 2 N–H and O–H groups in total. The molecule has 1 heterocycles. The molecule has 1 aromatic heterocycles. The van der Waals surface area contributed by atoms with Gasteiger partial charge in [-0.1, -0.05) is 20.8 Å². The zero-order valence-electron chi connectivity index (χ0n) is 13.1. The number of hydrogen-bond donors (Lipinski definition) is 2. The van der Waals surface area contributed by atoms with E-state index in [0.29, 0.717) is 24.8 Å². The van der Waals surface area contributed by atoms with E-state index in [0.717, 1.165) is 25.8 Å². The van der Waals surface area contributed by atoms with Gasteiger partial charge in [-0.2, -0.15) is 0 Å². The van der Waals surface area contributed by atoms with Crippen molar-refractivity contribution in [2.75, 3.05) is 13.1 Å². The van der Waals surface area contributed by atoms with Gasteiger partial charge in [-0.3, -0.25) is 0 Å². The molecule has 0 bridgehead atoms. The monoisotopic (exact) mass is 314 g/mol. The van der Waals surface area contributed by atoms with E-state index in [1.165, 1.54) is 6.07 Å². The molecule has 0 aromatic carbocycles. The summed E-state index contributed by atoms with van der Waals surface area (Å²) in [6, 6.07) is 3.24. The predicted molar refractivity (Wildman–Crippen MR) is 82.4 cm³/mol. The van der Waals surface area contributed by atoms with E-state index in [2.05, 4.69) is 30.8 Å². The molecule has 6 heteroatoms. The maximum Gasteiger partial charge on any atom is 0.273 e. The van der Waals surface area contributed by atoms with E-state index >= 15 is 0 Å². The van der Waals surface area contributed by atoms with Gasteiger partial charge in [0.25, 0.3) is 10.0 Å². The van der Waals surface area contributed by atoms with Crippen molar-refractivity contribution < 1.29 is 12.8 Å². The number of hydrogen-bond acceptors (Lipinski definition) is 4. The molecule has 5 nitrogen and oxygen atoms in total. The Hall–Kier alpha value is -0.850. The third-order valence-electron chi connectivity index (χ3n) is 4.36. The molecule has 1 saturated carbocycles. The van der Waals surface area contributed by atoms with Crippen molar-refractivity contribution in [3.8, 4) is 0 Å². The Morgan fingerprint density at radius 3 is 2.62 bits per heavy atom. The highest BCUT2D eigenvalue weighted by molar-refractivity contribution is 7.89. The van der Waals surface area contributed by atoms with Crippen molar-refractivity contribution in [3.05, 3.63) is 17.9 Å². The third kappa shape index (κ3) is 4.08. The van der Waals surface area contributed by atoms with Gasteiger partial charge in [0.15, 0.2) is 0 Å². The highest BCUT2D eigenvalue weighted by atomic mass is 32.2. The average molecular weight is 314 g/mol. The smallest absolute Gasteiger partial charge is 0.273 e. The fourth-order valence-corrected chi connectivity index (χ4v) is 3.50. The molecule has 2 rings (SSSR count). The van der Waals surface area contributed by atoms with Gasteiger partial charge in [-0.05, 0) is 49.3 Å². The summed E-state index contributed by atoms with van der Waals surface area (Å²) < 4.78 is 32.6. The van der Waals surface area contributed by atoms with Gasteiger partial charge in [0.05, 0.1) is 6.54 Å². The predicted octanol–water partition coefficient (Wildman–Crippen LogP) is 2.49. The first kappa shape index (κ1) is 16.5. The second kappa shape index (κ2) is 6.50. The third-order valence-corrected chi connectivity index (χ3v) is 5.63. The van der Waals surface area contributed by atoms with Crippen LogP contribution in [0, 0.1) is 11.3 Å². The van der Waals surface area contributed by atoms with Crippen LogP contribution in [0.1, 0.15) is 45.8 Å². The molecular weight excluding hydrogens is 288 g/mol. The standard InChI is InChI=1S/C15H26N2O3S/c1-4-9-16-10-13-5-6-14(20-13)21(18,19)17-11-15(7-8-15)12(2)3/h5-6,12,16-17H,4,7-11H2,1-3H3. The number of sulfonamides is 1. The normalized spacial score (nSPS) is 17.3. The van der Waals surface area contributed by atoms with E-state index in [4.69, 9.17) is 4.42 Å². The van der Waals surface area contributed by atoms with E-state index in [1.54, 1.807) is 6.07 Å². The first-order valence-electron chi connectivity index (χ1n) is 7.69. The van der Waals surface area contributed by atoms with Crippen LogP contribution in [-0.2, 0) is 16.6 Å².